The molecule has 0 spiro atoms. The van der Waals surface area contributed by atoms with Crippen LogP contribution >= 0.6 is 0 Å². The van der Waals surface area contributed by atoms with Crippen molar-refractivity contribution in [3.05, 3.63) is 12.2 Å². The molecule has 1 saturated carbocycles. The van der Waals surface area contributed by atoms with Crippen molar-refractivity contribution < 1.29 is 4.79 Å². The molecule has 0 radical (unpaired) electrons. The molecule has 10 heavy (non-hydrogen) atoms. The molecule has 0 aromatic rings. The summed E-state index contributed by atoms with van der Waals surface area (Å²) in [5.41, 5.74) is 1.17. The lowest BCUT2D eigenvalue weighted by Gasteiger charge is -2.12. The number of rotatable bonds is 1. The smallest absolute Gasteiger partial charge is 0.133 e. The van der Waals surface area contributed by atoms with Crippen molar-refractivity contribution in [1.29, 1.82) is 0 Å². The van der Waals surface area contributed by atoms with Crippen LogP contribution in [0.4, 0.5) is 0 Å². The van der Waals surface area contributed by atoms with Crippen LogP contribution in [0, 0.1) is 11.8 Å². The van der Waals surface area contributed by atoms with Crippen LogP contribution in [0.5, 0.6) is 0 Å². The minimum absolute atomic E-state index is 0.403. The van der Waals surface area contributed by atoms with E-state index >= 15 is 0 Å². The molecule has 1 aliphatic carbocycles. The summed E-state index contributed by atoms with van der Waals surface area (Å²) in [6.45, 7) is 8.01. The first-order valence-corrected chi connectivity index (χ1v) is 3.78. The minimum atomic E-state index is 0.403. The Bertz CT molecular complexity index is 170. The van der Waals surface area contributed by atoms with Crippen molar-refractivity contribution in [3.8, 4) is 0 Å². The van der Waals surface area contributed by atoms with Gasteiger partial charge in [0.2, 0.25) is 0 Å². The Hall–Kier alpha value is -0.590. The van der Waals surface area contributed by atoms with Gasteiger partial charge in [-0.3, -0.25) is 4.79 Å². The van der Waals surface area contributed by atoms with Crippen molar-refractivity contribution in [2.45, 2.75) is 26.7 Å². The molecule has 0 bridgehead atoms. The van der Waals surface area contributed by atoms with Crippen LogP contribution in [0.1, 0.15) is 26.7 Å². The number of carbonyl (C=O) groups is 1. The van der Waals surface area contributed by atoms with Gasteiger partial charge in [-0.15, -0.1) is 0 Å². The molecular weight excluding hydrogens is 124 g/mol. The Morgan fingerprint density at radius 1 is 1.60 bits per heavy atom. The Labute approximate surface area is 62.1 Å². The average Bonchev–Trinajstić information content (AvgIpc) is 2.10. The molecule has 2 atom stereocenters. The lowest BCUT2D eigenvalue weighted by molar-refractivity contribution is -0.117. The molecule has 1 nitrogen and oxygen atoms in total. The fraction of sp³-hybridized carbons (Fsp3) is 0.667. The van der Waals surface area contributed by atoms with Crippen molar-refractivity contribution >= 4 is 5.78 Å². The van der Waals surface area contributed by atoms with Crippen molar-refractivity contribution in [2.75, 3.05) is 0 Å². The second-order valence-corrected chi connectivity index (χ2v) is 3.38. The molecule has 0 unspecified atom stereocenters. The first kappa shape index (κ1) is 7.52. The van der Waals surface area contributed by atoms with E-state index in [1.54, 1.807) is 0 Å². The molecule has 0 N–H and O–H groups in total. The van der Waals surface area contributed by atoms with Gasteiger partial charge in [-0.2, -0.15) is 0 Å². The van der Waals surface area contributed by atoms with E-state index in [-0.39, 0.29) is 0 Å². The zero-order valence-corrected chi connectivity index (χ0v) is 6.68. The molecule has 0 amide bonds. The van der Waals surface area contributed by atoms with E-state index in [4.69, 9.17) is 0 Å². The second-order valence-electron chi connectivity index (χ2n) is 3.38. The summed E-state index contributed by atoms with van der Waals surface area (Å²) in [5, 5.41) is 0. The van der Waals surface area contributed by atoms with Gasteiger partial charge in [-0.1, -0.05) is 19.1 Å². The van der Waals surface area contributed by atoms with Crippen LogP contribution in [0.2, 0.25) is 0 Å². The fourth-order valence-electron chi connectivity index (χ4n) is 1.69. The van der Waals surface area contributed by atoms with Gasteiger partial charge in [-0.05, 0) is 18.8 Å². The largest absolute Gasteiger partial charge is 0.300 e. The molecule has 0 aliphatic heterocycles. The van der Waals surface area contributed by atoms with E-state index in [0.29, 0.717) is 17.6 Å². The first-order chi connectivity index (χ1) is 4.61. The van der Waals surface area contributed by atoms with Crippen LogP contribution in [0.3, 0.4) is 0 Å². The summed E-state index contributed by atoms with van der Waals surface area (Å²) in [6.07, 6.45) is 1.49. The first-order valence-electron chi connectivity index (χ1n) is 3.78. The maximum absolute atomic E-state index is 10.9. The third-order valence-corrected chi connectivity index (χ3v) is 2.32. The van der Waals surface area contributed by atoms with Gasteiger partial charge < -0.3 is 0 Å². The van der Waals surface area contributed by atoms with E-state index < -0.39 is 0 Å². The van der Waals surface area contributed by atoms with Crippen LogP contribution in [-0.4, -0.2) is 5.78 Å². The summed E-state index contributed by atoms with van der Waals surface area (Å²) < 4.78 is 0. The fourth-order valence-corrected chi connectivity index (χ4v) is 1.69. The van der Waals surface area contributed by atoms with Gasteiger partial charge >= 0.3 is 0 Å². The van der Waals surface area contributed by atoms with Crippen LogP contribution < -0.4 is 0 Å². The third-order valence-electron chi connectivity index (χ3n) is 2.32. The van der Waals surface area contributed by atoms with Gasteiger partial charge in [0.1, 0.15) is 5.78 Å². The monoisotopic (exact) mass is 138 g/mol. The number of ketones is 1. The summed E-state index contributed by atoms with van der Waals surface area (Å²) in [5.74, 6) is 1.40. The van der Waals surface area contributed by atoms with Gasteiger partial charge in [0.05, 0.1) is 0 Å². The number of Topliss-reactive ketones (excluding diaryl/α,β-unsaturated/α-hetero) is 1. The quantitative estimate of drug-likeness (QED) is 0.507. The third kappa shape index (κ3) is 1.28. The lowest BCUT2D eigenvalue weighted by Crippen LogP contribution is -2.03. The van der Waals surface area contributed by atoms with Crippen LogP contribution in [-0.2, 0) is 4.79 Å². The van der Waals surface area contributed by atoms with Gasteiger partial charge in [0, 0.05) is 12.8 Å². The summed E-state index contributed by atoms with van der Waals surface area (Å²) in [4.78, 5) is 10.9. The average molecular weight is 138 g/mol. The SMILES string of the molecule is C=C(C)[C@H]1CC(=O)C[C@@H]1C. The molecular formula is C9H14O. The normalized spacial score (nSPS) is 32.8. The van der Waals surface area contributed by atoms with Crippen LogP contribution in [0.25, 0.3) is 0 Å². The zero-order valence-electron chi connectivity index (χ0n) is 6.68. The highest BCUT2D eigenvalue weighted by Crippen LogP contribution is 2.32. The summed E-state index contributed by atoms with van der Waals surface area (Å²) in [7, 11) is 0. The van der Waals surface area contributed by atoms with E-state index in [9.17, 15) is 4.79 Å². The van der Waals surface area contributed by atoms with Gasteiger partial charge in [0.15, 0.2) is 0 Å². The molecule has 1 rings (SSSR count). The maximum Gasteiger partial charge on any atom is 0.133 e. The second kappa shape index (κ2) is 2.57. The Morgan fingerprint density at radius 3 is 2.40 bits per heavy atom. The predicted octanol–water partition coefficient (Wildman–Crippen LogP) is 2.18. The highest BCUT2D eigenvalue weighted by molar-refractivity contribution is 5.81. The number of carbonyl (C=O) groups excluding carboxylic acids is 1. The molecule has 1 fully saturated rings. The standard InChI is InChI=1S/C9H14O/c1-6(2)9-5-8(10)4-7(9)3/h7,9H,1,4-5H2,2-3H3/t7-,9+/m0/s1. The van der Waals surface area contributed by atoms with E-state index in [1.165, 1.54) is 5.57 Å². The van der Waals surface area contributed by atoms with Gasteiger partial charge in [0.25, 0.3) is 0 Å². The number of hydrogen-bond acceptors (Lipinski definition) is 1. The van der Waals surface area contributed by atoms with Crippen molar-refractivity contribution in [1.82, 2.24) is 0 Å². The van der Waals surface area contributed by atoms with Crippen molar-refractivity contribution in [2.24, 2.45) is 11.8 Å². The predicted molar refractivity (Wildman–Crippen MR) is 41.7 cm³/mol. The van der Waals surface area contributed by atoms with E-state index in [2.05, 4.69) is 13.5 Å². The van der Waals surface area contributed by atoms with Crippen molar-refractivity contribution in [3.63, 3.8) is 0 Å². The maximum atomic E-state index is 10.9. The Balaban J connectivity index is 2.63. The highest BCUT2D eigenvalue weighted by Gasteiger charge is 2.29. The Morgan fingerprint density at radius 2 is 2.20 bits per heavy atom. The molecule has 0 aromatic carbocycles. The van der Waals surface area contributed by atoms with E-state index in [1.807, 2.05) is 6.92 Å². The molecule has 1 aliphatic rings. The lowest BCUT2D eigenvalue weighted by atomic mass is 9.92. The zero-order chi connectivity index (χ0) is 7.72. The molecule has 1 heteroatoms. The number of allylic oxidation sites excluding steroid dienone is 1. The molecule has 0 saturated heterocycles. The minimum Gasteiger partial charge on any atom is -0.300 e. The molecule has 0 heterocycles. The topological polar surface area (TPSA) is 17.1 Å². The summed E-state index contributed by atoms with van der Waals surface area (Å²) >= 11 is 0. The van der Waals surface area contributed by atoms with Gasteiger partial charge in [-0.25, -0.2) is 0 Å². The number of hydrogen-bond donors (Lipinski definition) is 0. The molecule has 0 aromatic heterocycles. The highest BCUT2D eigenvalue weighted by atomic mass is 16.1. The van der Waals surface area contributed by atoms with E-state index in [0.717, 1.165) is 12.8 Å². The molecule has 56 valence electrons. The Kier molecular flexibility index (Phi) is 1.93. The summed E-state index contributed by atoms with van der Waals surface area (Å²) in [6, 6.07) is 0. The van der Waals surface area contributed by atoms with Crippen LogP contribution in [0.15, 0.2) is 12.2 Å².